The van der Waals surface area contributed by atoms with Crippen LogP contribution < -0.4 is 10.1 Å². The average Bonchev–Trinajstić information content (AvgIpc) is 2.59. The molecule has 1 aromatic rings. The van der Waals surface area contributed by atoms with Crippen molar-refractivity contribution in [3.8, 4) is 5.75 Å². The molecule has 0 aromatic heterocycles. The molecule has 0 radical (unpaired) electrons. The summed E-state index contributed by atoms with van der Waals surface area (Å²) in [5.41, 5.74) is 1.14. The van der Waals surface area contributed by atoms with Crippen LogP contribution in [0.2, 0.25) is 0 Å². The monoisotopic (exact) mass is 304 g/mol. The van der Waals surface area contributed by atoms with Gasteiger partial charge in [-0.3, -0.25) is 4.79 Å². The van der Waals surface area contributed by atoms with Crippen LogP contribution in [0, 0.1) is 5.92 Å². The van der Waals surface area contributed by atoms with Gasteiger partial charge in [-0.2, -0.15) is 0 Å². The Morgan fingerprint density at radius 1 is 1.32 bits per heavy atom. The first-order chi connectivity index (χ1) is 10.6. The van der Waals surface area contributed by atoms with Gasteiger partial charge in [0.15, 0.2) is 0 Å². The van der Waals surface area contributed by atoms with E-state index in [1.807, 2.05) is 36.2 Å². The maximum Gasteiger partial charge on any atom is 0.222 e. The van der Waals surface area contributed by atoms with E-state index in [0.29, 0.717) is 12.3 Å². The van der Waals surface area contributed by atoms with Crippen molar-refractivity contribution in [1.82, 2.24) is 10.2 Å². The molecule has 1 fully saturated rings. The van der Waals surface area contributed by atoms with E-state index in [1.165, 1.54) is 12.8 Å². The molecule has 1 atom stereocenters. The standard InChI is InChI=1S/C18H28N2O2/c1-14(16-5-7-17(22-3)8-6-16)20(2)18(21)9-4-15-10-12-19-13-11-15/h5-8,14-15,19H,4,9-13H2,1-3H3. The molecule has 1 aliphatic heterocycles. The SMILES string of the molecule is COc1ccc(C(C)N(C)C(=O)CCC2CCNCC2)cc1. The lowest BCUT2D eigenvalue weighted by atomic mass is 9.93. The van der Waals surface area contributed by atoms with Gasteiger partial charge < -0.3 is 15.0 Å². The smallest absolute Gasteiger partial charge is 0.222 e. The van der Waals surface area contributed by atoms with Crippen molar-refractivity contribution < 1.29 is 9.53 Å². The summed E-state index contributed by atoms with van der Waals surface area (Å²) in [5, 5.41) is 3.37. The fourth-order valence-corrected chi connectivity index (χ4v) is 3.00. The highest BCUT2D eigenvalue weighted by Gasteiger charge is 2.20. The quantitative estimate of drug-likeness (QED) is 0.878. The van der Waals surface area contributed by atoms with E-state index in [1.54, 1.807) is 7.11 Å². The number of methoxy groups -OCH3 is 1. The van der Waals surface area contributed by atoms with Crippen LogP contribution >= 0.6 is 0 Å². The van der Waals surface area contributed by atoms with Gasteiger partial charge in [0, 0.05) is 13.5 Å². The van der Waals surface area contributed by atoms with E-state index in [0.717, 1.165) is 30.8 Å². The average molecular weight is 304 g/mol. The van der Waals surface area contributed by atoms with Gasteiger partial charge in [0.2, 0.25) is 5.91 Å². The van der Waals surface area contributed by atoms with Crippen molar-refractivity contribution in [3.63, 3.8) is 0 Å². The Morgan fingerprint density at radius 3 is 2.55 bits per heavy atom. The van der Waals surface area contributed by atoms with Gasteiger partial charge in [-0.1, -0.05) is 12.1 Å². The van der Waals surface area contributed by atoms with Crippen molar-refractivity contribution in [3.05, 3.63) is 29.8 Å². The molecule has 1 N–H and O–H groups in total. The zero-order valence-corrected chi connectivity index (χ0v) is 14.0. The third-order valence-electron chi connectivity index (χ3n) is 4.80. The van der Waals surface area contributed by atoms with Crippen LogP contribution in [0.15, 0.2) is 24.3 Å². The highest BCUT2D eigenvalue weighted by atomic mass is 16.5. The van der Waals surface area contributed by atoms with E-state index in [-0.39, 0.29) is 11.9 Å². The van der Waals surface area contributed by atoms with E-state index in [2.05, 4.69) is 12.2 Å². The Balaban J connectivity index is 1.85. The van der Waals surface area contributed by atoms with Crippen molar-refractivity contribution in [2.75, 3.05) is 27.2 Å². The Kier molecular flexibility index (Phi) is 6.25. The molecule has 0 bridgehead atoms. The summed E-state index contributed by atoms with van der Waals surface area (Å²) in [4.78, 5) is 14.3. The van der Waals surface area contributed by atoms with Crippen LogP contribution in [0.4, 0.5) is 0 Å². The van der Waals surface area contributed by atoms with Crippen molar-refractivity contribution in [2.24, 2.45) is 5.92 Å². The number of nitrogens with zero attached hydrogens (tertiary/aromatic N) is 1. The maximum absolute atomic E-state index is 12.4. The summed E-state index contributed by atoms with van der Waals surface area (Å²) in [5.74, 6) is 1.78. The Morgan fingerprint density at radius 2 is 1.95 bits per heavy atom. The first-order valence-electron chi connectivity index (χ1n) is 8.22. The molecule has 0 spiro atoms. The number of hydrogen-bond donors (Lipinski definition) is 1. The lowest BCUT2D eigenvalue weighted by Gasteiger charge is -2.27. The second-order valence-corrected chi connectivity index (χ2v) is 6.19. The third-order valence-corrected chi connectivity index (χ3v) is 4.80. The predicted molar refractivity (Wildman–Crippen MR) is 89.0 cm³/mol. The number of nitrogens with one attached hydrogen (secondary N) is 1. The molecule has 0 saturated carbocycles. The van der Waals surface area contributed by atoms with Crippen molar-refractivity contribution >= 4 is 5.91 Å². The normalized spacial score (nSPS) is 17.0. The molecule has 1 aliphatic rings. The zero-order chi connectivity index (χ0) is 15.9. The lowest BCUT2D eigenvalue weighted by Crippen LogP contribution is -2.31. The van der Waals surface area contributed by atoms with Crippen LogP contribution in [-0.4, -0.2) is 38.1 Å². The van der Waals surface area contributed by atoms with Crippen LogP contribution in [0.3, 0.4) is 0 Å². The Labute approximate surface area is 133 Å². The molecule has 2 rings (SSSR count). The molecule has 122 valence electrons. The first kappa shape index (κ1) is 16.8. The number of carbonyl (C=O) groups excluding carboxylic acids is 1. The largest absolute Gasteiger partial charge is 0.497 e. The van der Waals surface area contributed by atoms with Gasteiger partial charge >= 0.3 is 0 Å². The van der Waals surface area contributed by atoms with E-state index in [9.17, 15) is 4.79 Å². The Hall–Kier alpha value is -1.55. The number of hydrogen-bond acceptors (Lipinski definition) is 3. The zero-order valence-electron chi connectivity index (χ0n) is 14.0. The highest BCUT2D eigenvalue weighted by Crippen LogP contribution is 2.24. The van der Waals surface area contributed by atoms with E-state index < -0.39 is 0 Å². The molecule has 0 aliphatic carbocycles. The fourth-order valence-electron chi connectivity index (χ4n) is 3.00. The van der Waals surface area contributed by atoms with Crippen molar-refractivity contribution in [2.45, 2.75) is 38.6 Å². The molecular formula is C18H28N2O2. The van der Waals surface area contributed by atoms with Gasteiger partial charge in [-0.25, -0.2) is 0 Å². The summed E-state index contributed by atoms with van der Waals surface area (Å²) < 4.78 is 5.18. The second kappa shape index (κ2) is 8.18. The van der Waals surface area contributed by atoms with Crippen molar-refractivity contribution in [1.29, 1.82) is 0 Å². The summed E-state index contributed by atoms with van der Waals surface area (Å²) in [6, 6.07) is 8.03. The van der Waals surface area contributed by atoms with Gasteiger partial charge in [-0.15, -0.1) is 0 Å². The minimum Gasteiger partial charge on any atom is -0.497 e. The molecule has 22 heavy (non-hydrogen) atoms. The minimum absolute atomic E-state index is 0.0893. The minimum atomic E-state index is 0.0893. The first-order valence-corrected chi connectivity index (χ1v) is 8.22. The fraction of sp³-hybridized carbons (Fsp3) is 0.611. The molecule has 1 amide bonds. The van der Waals surface area contributed by atoms with E-state index >= 15 is 0 Å². The van der Waals surface area contributed by atoms with Crippen LogP contribution in [0.1, 0.15) is 44.2 Å². The molecule has 1 unspecified atom stereocenters. The number of benzene rings is 1. The number of rotatable bonds is 6. The molecule has 4 nitrogen and oxygen atoms in total. The van der Waals surface area contributed by atoms with Crippen LogP contribution in [0.25, 0.3) is 0 Å². The Bertz CT molecular complexity index is 466. The number of ether oxygens (including phenoxy) is 1. The van der Waals surface area contributed by atoms with Crippen LogP contribution in [0.5, 0.6) is 5.75 Å². The van der Waals surface area contributed by atoms with Gasteiger partial charge in [0.05, 0.1) is 13.2 Å². The van der Waals surface area contributed by atoms with Gasteiger partial charge in [0.1, 0.15) is 5.75 Å². The molecule has 1 heterocycles. The molecule has 1 aromatic carbocycles. The highest BCUT2D eigenvalue weighted by molar-refractivity contribution is 5.76. The molecule has 4 heteroatoms. The lowest BCUT2D eigenvalue weighted by molar-refractivity contribution is -0.132. The van der Waals surface area contributed by atoms with Gasteiger partial charge in [-0.05, 0) is 62.9 Å². The topological polar surface area (TPSA) is 41.6 Å². The summed E-state index contributed by atoms with van der Waals surface area (Å²) in [6.07, 6.45) is 4.07. The van der Waals surface area contributed by atoms with Gasteiger partial charge in [0.25, 0.3) is 0 Å². The number of amides is 1. The second-order valence-electron chi connectivity index (χ2n) is 6.19. The maximum atomic E-state index is 12.4. The predicted octanol–water partition coefficient (Wildman–Crippen LogP) is 2.99. The van der Waals surface area contributed by atoms with Crippen LogP contribution in [-0.2, 0) is 4.79 Å². The molecule has 1 saturated heterocycles. The number of piperidine rings is 1. The summed E-state index contributed by atoms with van der Waals surface area (Å²) in [7, 11) is 3.56. The summed E-state index contributed by atoms with van der Waals surface area (Å²) >= 11 is 0. The number of carbonyl (C=O) groups is 1. The third kappa shape index (κ3) is 4.47. The van der Waals surface area contributed by atoms with E-state index in [4.69, 9.17) is 4.74 Å². The molecular weight excluding hydrogens is 276 g/mol. The summed E-state index contributed by atoms with van der Waals surface area (Å²) in [6.45, 7) is 4.26.